The van der Waals surface area contributed by atoms with Crippen molar-refractivity contribution in [2.75, 3.05) is 46.0 Å². The Bertz CT molecular complexity index is 2890. The van der Waals surface area contributed by atoms with E-state index in [2.05, 4.69) is 17.9 Å². The number of phenolic OH excluding ortho intramolecular Hbond substituents is 1. The van der Waals surface area contributed by atoms with Gasteiger partial charge in [-0.05, 0) is 114 Å². The molecule has 0 aromatic heterocycles. The second kappa shape index (κ2) is 18.9. The third-order valence-electron chi connectivity index (χ3n) is 14.3. The monoisotopic (exact) mass is 927 g/mol. The fourth-order valence-corrected chi connectivity index (χ4v) is 11.3. The van der Waals surface area contributed by atoms with E-state index in [-0.39, 0.29) is 37.7 Å². The molecule has 0 unspecified atom stereocenters. The van der Waals surface area contributed by atoms with E-state index in [1.165, 1.54) is 19.2 Å². The highest BCUT2D eigenvalue weighted by Crippen LogP contribution is 2.66. The van der Waals surface area contributed by atoms with Crippen molar-refractivity contribution < 1.29 is 48.0 Å². The second-order valence-electron chi connectivity index (χ2n) is 18.0. The predicted octanol–water partition coefficient (Wildman–Crippen LogP) is 8.29. The molecule has 0 saturated carbocycles. The number of rotatable bonds is 9. The first-order valence-electron chi connectivity index (χ1n) is 23.4. The van der Waals surface area contributed by atoms with E-state index >= 15 is 14.4 Å². The zero-order valence-corrected chi connectivity index (χ0v) is 38.8. The van der Waals surface area contributed by atoms with Crippen LogP contribution in [0.4, 0.5) is 10.5 Å². The van der Waals surface area contributed by atoms with Crippen molar-refractivity contribution in [3.05, 3.63) is 166 Å². The van der Waals surface area contributed by atoms with Crippen LogP contribution in [0.25, 0.3) is 0 Å². The van der Waals surface area contributed by atoms with Gasteiger partial charge in [0.2, 0.25) is 11.8 Å². The number of carbonyl (C=O) groups excluding carboxylic acids is 4. The van der Waals surface area contributed by atoms with Crippen LogP contribution in [0.5, 0.6) is 17.2 Å². The van der Waals surface area contributed by atoms with Gasteiger partial charge in [0.05, 0.1) is 44.5 Å². The Balaban J connectivity index is 1.25. The Kier molecular flexibility index (Phi) is 12.5. The Hall–Kier alpha value is -7.40. The lowest BCUT2D eigenvalue weighted by Gasteiger charge is -2.46. The minimum absolute atomic E-state index is 0.0232. The fourth-order valence-electron chi connectivity index (χ4n) is 11.3. The highest BCUT2D eigenvalue weighted by molar-refractivity contribution is 6.23. The lowest BCUT2D eigenvalue weighted by Crippen LogP contribution is -2.57. The van der Waals surface area contributed by atoms with Crippen molar-refractivity contribution in [2.24, 2.45) is 5.92 Å². The zero-order valence-electron chi connectivity index (χ0n) is 38.8. The number of fused-ring (bicyclic) bond motifs is 4. The molecule has 13 heteroatoms. The molecule has 4 aliphatic heterocycles. The number of methoxy groups -OCH3 is 3. The number of phenols is 1. The summed E-state index contributed by atoms with van der Waals surface area (Å²) in [5, 5.41) is 10.8. The van der Waals surface area contributed by atoms with E-state index in [9.17, 15) is 9.90 Å². The second-order valence-corrected chi connectivity index (χ2v) is 18.0. The summed E-state index contributed by atoms with van der Waals surface area (Å²) >= 11 is 0. The molecule has 2 saturated heterocycles. The van der Waals surface area contributed by atoms with Gasteiger partial charge in [0, 0.05) is 25.8 Å². The van der Waals surface area contributed by atoms with Gasteiger partial charge >= 0.3 is 12.1 Å². The number of cyclic esters (lactones) is 1. The standard InChI is InChI=1S/C56H53N3O10/c1-65-29-30-68-55(64)58-44-26-21-36(20-19-35-13-7-4-8-14-35)31-43(44)56(54(58)63)47(52(61)57-28-27-40-32-45(66-2)46(67-3)33-41(40)34-57)49-53(62)69-50(38-17-11-6-12-18-38)48(37-15-9-5-10-16-37)59(49)51(56)39-22-24-42(60)25-23-39/h5-6,9-13,15-18,21-26,31-33,47-51,60H,4,7-8,14,27-30,34H2,1-3H3/t47-,48-,49-,50+,51+,56-/m1/s1. The number of nitrogens with zero attached hydrogens (tertiary/aromatic N) is 3. The average molecular weight is 928 g/mol. The number of morpholine rings is 1. The number of carbonyl (C=O) groups is 4. The normalized spacial score (nSPS) is 23.8. The number of ether oxygens (including phenoxy) is 5. The molecular weight excluding hydrogens is 875 g/mol. The molecule has 1 aliphatic carbocycles. The maximum Gasteiger partial charge on any atom is 0.421 e. The lowest BCUT2D eigenvalue weighted by atomic mass is 9.64. The first-order chi connectivity index (χ1) is 33.7. The van der Waals surface area contributed by atoms with Crippen LogP contribution in [-0.2, 0) is 47.0 Å². The summed E-state index contributed by atoms with van der Waals surface area (Å²) in [6.07, 6.45) is 4.64. The summed E-state index contributed by atoms with van der Waals surface area (Å²) in [6.45, 7) is 0.299. The van der Waals surface area contributed by atoms with Crippen molar-refractivity contribution in [3.63, 3.8) is 0 Å². The van der Waals surface area contributed by atoms with Crippen molar-refractivity contribution >= 4 is 29.6 Å². The zero-order chi connectivity index (χ0) is 47.8. The van der Waals surface area contributed by atoms with Gasteiger partial charge in [0.25, 0.3) is 0 Å². The highest BCUT2D eigenvalue weighted by atomic mass is 16.6. The Morgan fingerprint density at radius 1 is 0.768 bits per heavy atom. The number of allylic oxidation sites excluding steroid dienone is 2. The molecule has 5 aromatic rings. The topological polar surface area (TPSA) is 144 Å². The minimum atomic E-state index is -2.01. The summed E-state index contributed by atoms with van der Waals surface area (Å²) in [5.74, 6) is 4.33. The number of aromatic hydroxyl groups is 1. The third kappa shape index (κ3) is 7.87. The molecule has 5 aromatic carbocycles. The third-order valence-corrected chi connectivity index (χ3v) is 14.3. The van der Waals surface area contributed by atoms with Crippen LogP contribution < -0.4 is 14.4 Å². The first kappa shape index (κ1) is 45.4. The molecular formula is C56H53N3O10. The van der Waals surface area contributed by atoms with E-state index in [4.69, 9.17) is 23.7 Å². The van der Waals surface area contributed by atoms with Gasteiger partial charge in [-0.3, -0.25) is 19.3 Å². The fraction of sp³-hybridized carbons (Fsp3) is 0.321. The summed E-state index contributed by atoms with van der Waals surface area (Å²) in [4.78, 5) is 67.8. The van der Waals surface area contributed by atoms with Gasteiger partial charge in [0.1, 0.15) is 29.9 Å². The van der Waals surface area contributed by atoms with E-state index in [0.29, 0.717) is 40.2 Å². The molecule has 352 valence electrons. The van der Waals surface area contributed by atoms with Gasteiger partial charge in [0.15, 0.2) is 11.5 Å². The Morgan fingerprint density at radius 2 is 1.48 bits per heavy atom. The first-order valence-corrected chi connectivity index (χ1v) is 23.4. The molecule has 5 aliphatic rings. The number of hydrogen-bond acceptors (Lipinski definition) is 11. The van der Waals surface area contributed by atoms with Crippen molar-refractivity contribution in [1.82, 2.24) is 9.80 Å². The van der Waals surface area contributed by atoms with E-state index in [1.807, 2.05) is 77.7 Å². The SMILES string of the molecule is COCCOC(=O)N1C(=O)[C@@]2(c3cc(C#CC4=CCCCC4)ccc31)[C@H](c1ccc(O)cc1)N1[C@H](c3ccccc3)[C@H](c3ccccc3)OC(=O)[C@H]1[C@@H]2C(=O)N1CCc2cc(OC)c(OC)cc2C1. The number of amides is 3. The van der Waals surface area contributed by atoms with Crippen LogP contribution in [0.1, 0.15) is 82.8 Å². The molecule has 10 rings (SSSR count). The number of hydrogen-bond donors (Lipinski definition) is 1. The Morgan fingerprint density at radius 3 is 2.16 bits per heavy atom. The molecule has 1 spiro atoms. The quantitative estimate of drug-likeness (QED) is 0.0867. The molecule has 4 heterocycles. The lowest BCUT2D eigenvalue weighted by molar-refractivity contribution is -0.179. The van der Waals surface area contributed by atoms with E-state index in [0.717, 1.165) is 52.8 Å². The van der Waals surface area contributed by atoms with Crippen LogP contribution in [0, 0.1) is 17.8 Å². The van der Waals surface area contributed by atoms with Crippen LogP contribution in [0.2, 0.25) is 0 Å². The summed E-state index contributed by atoms with van der Waals surface area (Å²) in [5.41, 5.74) is 3.90. The molecule has 13 nitrogen and oxygen atoms in total. The minimum Gasteiger partial charge on any atom is -0.508 e. The number of benzene rings is 5. The van der Waals surface area contributed by atoms with Gasteiger partial charge in [-0.25, -0.2) is 9.69 Å². The highest BCUT2D eigenvalue weighted by Gasteiger charge is 2.76. The summed E-state index contributed by atoms with van der Waals surface area (Å²) < 4.78 is 29.0. The smallest absolute Gasteiger partial charge is 0.421 e. The van der Waals surface area contributed by atoms with Gasteiger partial charge in [-0.2, -0.15) is 0 Å². The summed E-state index contributed by atoms with van der Waals surface area (Å²) in [6, 6.07) is 31.3. The molecule has 6 atom stereocenters. The van der Waals surface area contributed by atoms with Crippen molar-refractivity contribution in [1.29, 1.82) is 0 Å². The Labute approximate surface area is 401 Å². The summed E-state index contributed by atoms with van der Waals surface area (Å²) in [7, 11) is 4.61. The molecule has 0 radical (unpaired) electrons. The van der Waals surface area contributed by atoms with Crippen LogP contribution in [0.15, 0.2) is 127 Å². The maximum absolute atomic E-state index is 16.5. The van der Waals surface area contributed by atoms with Crippen molar-refractivity contribution in [3.8, 4) is 29.1 Å². The van der Waals surface area contributed by atoms with Gasteiger partial charge in [-0.15, -0.1) is 0 Å². The number of imide groups is 1. The van der Waals surface area contributed by atoms with Gasteiger partial charge in [-0.1, -0.05) is 90.7 Å². The molecule has 69 heavy (non-hydrogen) atoms. The average Bonchev–Trinajstić information content (AvgIpc) is 3.84. The molecule has 1 N–H and O–H groups in total. The van der Waals surface area contributed by atoms with Gasteiger partial charge < -0.3 is 33.7 Å². The predicted molar refractivity (Wildman–Crippen MR) is 255 cm³/mol. The molecule has 0 bridgehead atoms. The van der Waals surface area contributed by atoms with Crippen molar-refractivity contribution in [2.45, 2.75) is 68.3 Å². The largest absolute Gasteiger partial charge is 0.508 e. The van der Waals surface area contributed by atoms with Crippen LogP contribution in [-0.4, -0.2) is 85.9 Å². The number of anilines is 1. The van der Waals surface area contributed by atoms with E-state index in [1.54, 1.807) is 49.5 Å². The van der Waals surface area contributed by atoms with E-state index < -0.39 is 59.4 Å². The van der Waals surface area contributed by atoms with Crippen LogP contribution >= 0.6 is 0 Å². The maximum atomic E-state index is 16.5. The molecule has 2 fully saturated rings. The number of esters is 1. The molecule has 3 amide bonds. The van der Waals surface area contributed by atoms with Crippen LogP contribution in [0.3, 0.4) is 0 Å².